The number of halogens is 4. The molecular weight excluding hydrogens is 536 g/mol. The summed E-state index contributed by atoms with van der Waals surface area (Å²) >= 11 is 17.2. The summed E-state index contributed by atoms with van der Waals surface area (Å²) in [6, 6.07) is 1.84. The fourth-order valence-electron chi connectivity index (χ4n) is 4.02. The fourth-order valence-corrected chi connectivity index (χ4v) is 4.02. The van der Waals surface area contributed by atoms with Crippen molar-refractivity contribution in [3.05, 3.63) is 0 Å². The van der Waals surface area contributed by atoms with Crippen LogP contribution in [0.25, 0.3) is 0 Å². The zero-order valence-corrected chi connectivity index (χ0v) is 25.2. The molecule has 0 bridgehead atoms. The molecule has 0 aromatic heterocycles. The van der Waals surface area contributed by atoms with Crippen LogP contribution in [0.5, 0.6) is 0 Å². The van der Waals surface area contributed by atoms with E-state index in [0.717, 1.165) is 12.1 Å². The zero-order valence-electron chi connectivity index (χ0n) is 20.4. The van der Waals surface area contributed by atoms with Crippen molar-refractivity contribution < 1.29 is 29.6 Å². The Labute approximate surface area is 215 Å². The predicted molar refractivity (Wildman–Crippen MR) is 136 cm³/mol. The third kappa shape index (κ3) is 38.7. The van der Waals surface area contributed by atoms with Crippen molar-refractivity contribution in [1.29, 1.82) is 0 Å². The smallest absolute Gasteiger partial charge is 0.186 e. The molecule has 0 aromatic rings. The molecule has 2 aliphatic carbocycles. The van der Waals surface area contributed by atoms with Crippen molar-refractivity contribution in [3.8, 4) is 0 Å². The van der Waals surface area contributed by atoms with Crippen LogP contribution in [0.3, 0.4) is 0 Å². The second-order valence-electron chi connectivity index (χ2n) is 10.7. The maximum Gasteiger partial charge on any atom is 0.186 e. The summed E-state index contributed by atoms with van der Waals surface area (Å²) in [4.78, 5) is 18.4. The molecule has 2 rings (SSSR count). The van der Waals surface area contributed by atoms with Gasteiger partial charge in [0.15, 0.2) is 12.1 Å². The summed E-state index contributed by atoms with van der Waals surface area (Å²) in [6.45, 7) is 13.8. The lowest BCUT2D eigenvalue weighted by Gasteiger charge is -2.27. The highest BCUT2D eigenvalue weighted by Crippen LogP contribution is 2.46. The molecule has 2 saturated carbocycles. The van der Waals surface area contributed by atoms with E-state index in [0.29, 0.717) is 11.1 Å². The van der Waals surface area contributed by atoms with E-state index in [9.17, 15) is 18.9 Å². The van der Waals surface area contributed by atoms with Gasteiger partial charge < -0.3 is 29.6 Å². The second-order valence-corrected chi connectivity index (χ2v) is 18.7. The molecule has 0 spiro atoms. The van der Waals surface area contributed by atoms with Crippen LogP contribution in [0, 0.1) is 0 Å². The first kappa shape index (κ1) is 35.6. The van der Waals surface area contributed by atoms with Crippen molar-refractivity contribution >= 4 is 57.1 Å². The quantitative estimate of drug-likeness (QED) is 0.436. The highest BCUT2D eigenvalue weighted by atomic mass is 35.9. The molecule has 32 heavy (non-hydrogen) atoms. The van der Waals surface area contributed by atoms with Crippen LogP contribution in [-0.4, -0.2) is 23.2 Å². The lowest BCUT2D eigenvalue weighted by molar-refractivity contribution is -0.749. The van der Waals surface area contributed by atoms with Gasteiger partial charge in [-0.3, -0.25) is 0 Å². The van der Waals surface area contributed by atoms with Crippen molar-refractivity contribution in [3.63, 3.8) is 0 Å². The average molecular weight is 580 g/mol. The first-order valence-electron chi connectivity index (χ1n) is 11.3. The van der Waals surface area contributed by atoms with Gasteiger partial charge in [-0.2, -0.15) is 0 Å². The Morgan fingerprint density at radius 3 is 0.938 bits per heavy atom. The summed E-state index contributed by atoms with van der Waals surface area (Å²) in [7, 11) is 0. The van der Waals surface area contributed by atoms with Crippen LogP contribution < -0.4 is 20.4 Å². The summed E-state index contributed by atoms with van der Waals surface area (Å²) in [5.41, 5.74) is 0.865. The van der Waals surface area contributed by atoms with E-state index in [-0.39, 0.29) is 0 Å². The minimum Gasteiger partial charge on any atom is -0.776 e. The van der Waals surface area contributed by atoms with E-state index in [1.54, 1.807) is 0 Å². The summed E-state index contributed by atoms with van der Waals surface area (Å²) in [5, 5.41) is 5.10. The van der Waals surface area contributed by atoms with Crippen LogP contribution in [0.4, 0.5) is 0 Å². The van der Waals surface area contributed by atoms with Crippen LogP contribution in [0.1, 0.15) is 106 Å². The molecule has 0 radical (unpaired) electrons. The topological polar surface area (TPSA) is 113 Å². The molecule has 0 aromatic carbocycles. The maximum absolute atomic E-state index is 9.19. The van der Waals surface area contributed by atoms with Crippen molar-refractivity contribution in [2.75, 3.05) is 0 Å². The van der Waals surface area contributed by atoms with Crippen molar-refractivity contribution in [1.82, 2.24) is 0 Å². The van der Waals surface area contributed by atoms with Gasteiger partial charge >= 0.3 is 0 Å². The first-order valence-corrected chi connectivity index (χ1v) is 18.2. The molecule has 2 aliphatic rings. The molecule has 0 aliphatic heterocycles. The van der Waals surface area contributed by atoms with Gasteiger partial charge in [0.2, 0.25) is 0 Å². The number of hydrogen-bond donors (Lipinski definition) is 2. The van der Waals surface area contributed by atoms with Crippen molar-refractivity contribution in [2.24, 2.45) is 0 Å². The van der Waals surface area contributed by atoms with Gasteiger partial charge in [-0.15, -0.1) is 0 Å². The van der Waals surface area contributed by atoms with Crippen LogP contribution >= 0.6 is 57.1 Å². The lowest BCUT2D eigenvalue weighted by atomic mass is 9.93. The van der Waals surface area contributed by atoms with Gasteiger partial charge in [0.25, 0.3) is 0 Å². The molecule has 0 amide bonds. The van der Waals surface area contributed by atoms with Gasteiger partial charge in [0.05, 0.1) is 23.2 Å². The van der Waals surface area contributed by atoms with E-state index in [4.69, 9.17) is 0 Å². The Morgan fingerprint density at radius 2 is 0.781 bits per heavy atom. The lowest BCUT2D eigenvalue weighted by Crippen LogP contribution is -2.99. The molecule has 0 atom stereocenters. The summed E-state index contributed by atoms with van der Waals surface area (Å²) < 4.78 is 18.4. The Kier molecular flexibility index (Phi) is 18.9. The largest absolute Gasteiger partial charge is 0.776 e. The fraction of sp³-hybridized carbons (Fsp3) is 1.00. The third-order valence-electron chi connectivity index (χ3n) is 4.77. The zero-order chi connectivity index (χ0) is 25.6. The van der Waals surface area contributed by atoms with E-state index in [2.05, 4.69) is 97.1 Å². The van der Waals surface area contributed by atoms with Gasteiger partial charge in [-0.1, -0.05) is 57.8 Å². The minimum absolute atomic E-state index is 0.433. The van der Waals surface area contributed by atoms with E-state index in [1.165, 1.54) is 64.2 Å². The monoisotopic (exact) mass is 578 g/mol. The Bertz CT molecular complexity index is 496. The molecular formula is C20H44Cl4N2O4P2. The standard InChI is InChI=1S/2C10H21N.2Cl2HO2P/c2*1-10(2,3)11-9-7-5-4-6-8-9;2*1-5(2,3)4/h2*9,11H,4-8H2,1-3H3;2*(H,3,4). The van der Waals surface area contributed by atoms with Gasteiger partial charge in [0.1, 0.15) is 0 Å². The third-order valence-corrected chi connectivity index (χ3v) is 4.77. The minimum atomic E-state index is -3.94. The maximum atomic E-state index is 9.19. The highest BCUT2D eigenvalue weighted by Gasteiger charge is 2.23. The second kappa shape index (κ2) is 17.0. The molecule has 12 heteroatoms. The highest BCUT2D eigenvalue weighted by molar-refractivity contribution is 8.03. The molecule has 0 heterocycles. The summed E-state index contributed by atoms with van der Waals surface area (Å²) in [5.74, 6) is 0. The number of quaternary nitrogens is 2. The Balaban J connectivity index is 0. The molecule has 0 saturated heterocycles. The SMILES string of the molecule is CC(C)(C)[NH2+]C1CCCCC1.CC(C)(C)[NH2+]C1CCCCC1.O=P([O-])(Cl)Cl.O=P([O-])(Cl)Cl. The molecule has 196 valence electrons. The van der Waals surface area contributed by atoms with Crippen molar-refractivity contribution in [2.45, 2.75) is 129 Å². The first-order chi connectivity index (χ1) is 14.2. The number of hydrogen-bond acceptors (Lipinski definition) is 4. The van der Waals surface area contributed by atoms with Crippen LogP contribution in [0.2, 0.25) is 0 Å². The number of rotatable bonds is 2. The van der Waals surface area contributed by atoms with Gasteiger partial charge in [0, 0.05) is 0 Å². The van der Waals surface area contributed by atoms with E-state index in [1.807, 2.05) is 0 Å². The van der Waals surface area contributed by atoms with Crippen LogP contribution in [-0.2, 0) is 9.13 Å². The molecule has 6 nitrogen and oxygen atoms in total. The van der Waals surface area contributed by atoms with E-state index < -0.39 is 12.1 Å². The van der Waals surface area contributed by atoms with Gasteiger partial charge in [-0.05, 0) is 92.9 Å². The molecule has 2 fully saturated rings. The summed E-state index contributed by atoms with van der Waals surface area (Å²) in [6.07, 6.45) is 6.63. The average Bonchev–Trinajstić information content (AvgIpc) is 2.51. The molecule has 4 N–H and O–H groups in total. The molecule has 0 unspecified atom stereocenters. The number of nitrogens with two attached hydrogens (primary N) is 2. The predicted octanol–water partition coefficient (Wildman–Crippen LogP) is 5.23. The van der Waals surface area contributed by atoms with Crippen LogP contribution in [0.15, 0.2) is 0 Å². The normalized spacial score (nSPS) is 18.9. The van der Waals surface area contributed by atoms with E-state index >= 15 is 0 Å². The Hall–Kier alpha value is 1.46. The van der Waals surface area contributed by atoms with Gasteiger partial charge in [-0.25, -0.2) is 0 Å². The Morgan fingerprint density at radius 1 is 0.594 bits per heavy atom.